The fourth-order valence-electron chi connectivity index (χ4n) is 2.85. The first kappa shape index (κ1) is 23.4. The smallest absolute Gasteiger partial charge is 0.338 e. The number of thiazole rings is 1. The van der Waals surface area contributed by atoms with Gasteiger partial charge in [-0.25, -0.2) is 18.2 Å². The Hall–Kier alpha value is -3.31. The molecule has 0 saturated heterocycles. The summed E-state index contributed by atoms with van der Waals surface area (Å²) in [7, 11) is -3.99. The van der Waals surface area contributed by atoms with E-state index < -0.39 is 39.1 Å². The molecule has 3 aromatic rings. The molecule has 3 rings (SSSR count). The Balaban J connectivity index is 1.60. The Labute approximate surface area is 188 Å². The Bertz CT molecular complexity index is 1280. The maximum absolute atomic E-state index is 12.3. The third kappa shape index (κ3) is 6.34. The van der Waals surface area contributed by atoms with Gasteiger partial charge in [0.05, 0.1) is 22.4 Å². The quantitative estimate of drug-likeness (QED) is 0.479. The van der Waals surface area contributed by atoms with Crippen LogP contribution in [-0.2, 0) is 24.2 Å². The van der Waals surface area contributed by atoms with Gasteiger partial charge in [0, 0.05) is 5.69 Å². The average Bonchev–Trinajstić information content (AvgIpc) is 3.08. The number of hydrogen-bond donors (Lipinski definition) is 2. The minimum atomic E-state index is -3.99. The van der Waals surface area contributed by atoms with E-state index in [1.807, 2.05) is 13.0 Å². The van der Waals surface area contributed by atoms with E-state index in [1.165, 1.54) is 0 Å². The molecule has 11 heteroatoms. The molecule has 0 unspecified atom stereocenters. The maximum Gasteiger partial charge on any atom is 0.338 e. The second-order valence-corrected chi connectivity index (χ2v) is 10.0. The molecule has 0 spiro atoms. The van der Waals surface area contributed by atoms with E-state index in [0.717, 1.165) is 16.9 Å². The van der Waals surface area contributed by atoms with E-state index >= 15 is 0 Å². The molecule has 0 saturated carbocycles. The van der Waals surface area contributed by atoms with E-state index in [2.05, 4.69) is 15.6 Å². The normalized spacial score (nSPS) is 11.2. The number of hydrogen-bond acceptors (Lipinski definition) is 8. The molecule has 0 atom stereocenters. The number of esters is 1. The second-order valence-electron chi connectivity index (χ2n) is 6.92. The van der Waals surface area contributed by atoms with Crippen LogP contribution in [0.2, 0.25) is 0 Å². The van der Waals surface area contributed by atoms with Crippen LogP contribution in [0.1, 0.15) is 22.8 Å². The van der Waals surface area contributed by atoms with Crippen molar-refractivity contribution in [1.29, 1.82) is 0 Å². The van der Waals surface area contributed by atoms with Crippen LogP contribution >= 0.6 is 11.3 Å². The summed E-state index contributed by atoms with van der Waals surface area (Å²) in [6.07, 6.45) is 0. The van der Waals surface area contributed by atoms with Crippen molar-refractivity contribution in [3.05, 3.63) is 53.6 Å². The van der Waals surface area contributed by atoms with Crippen molar-refractivity contribution in [3.8, 4) is 0 Å². The predicted molar refractivity (Wildman–Crippen MR) is 123 cm³/mol. The summed E-state index contributed by atoms with van der Waals surface area (Å²) in [5.41, 5.74) is 2.28. The lowest BCUT2D eigenvalue weighted by Gasteiger charge is -2.07. The molecule has 0 aliphatic heterocycles. The lowest BCUT2D eigenvalue weighted by Crippen LogP contribution is -2.30. The Morgan fingerprint density at radius 3 is 2.44 bits per heavy atom. The maximum atomic E-state index is 12.3. The molecule has 2 amide bonds. The van der Waals surface area contributed by atoms with Gasteiger partial charge in [0.1, 0.15) is 11.5 Å². The van der Waals surface area contributed by atoms with Gasteiger partial charge in [-0.3, -0.25) is 9.59 Å². The van der Waals surface area contributed by atoms with Crippen molar-refractivity contribution in [1.82, 2.24) is 4.98 Å². The molecule has 32 heavy (non-hydrogen) atoms. The lowest BCUT2D eigenvalue weighted by atomic mass is 10.2. The van der Waals surface area contributed by atoms with Crippen LogP contribution in [0, 0.1) is 6.92 Å². The number of nitrogens with one attached hydrogen (secondary N) is 2. The summed E-state index contributed by atoms with van der Waals surface area (Å²) in [5.74, 6) is -3.69. The van der Waals surface area contributed by atoms with E-state index in [-0.39, 0.29) is 11.7 Å². The summed E-state index contributed by atoms with van der Waals surface area (Å²) < 4.78 is 30.1. The van der Waals surface area contributed by atoms with E-state index in [1.54, 1.807) is 43.3 Å². The third-order valence-electron chi connectivity index (χ3n) is 4.15. The number of benzene rings is 2. The molecular formula is C21H21N3O6S2. The van der Waals surface area contributed by atoms with Gasteiger partial charge in [-0.15, -0.1) is 0 Å². The molecule has 0 fully saturated rings. The first-order chi connectivity index (χ1) is 15.1. The SMILES string of the molecule is CCOC(=O)c1ccc2nc(NC(=O)CS(=O)(=O)CC(=O)Nc3cccc(C)c3)sc2c1. The topological polar surface area (TPSA) is 132 Å². The lowest BCUT2D eigenvalue weighted by molar-refractivity contribution is -0.114. The number of carbonyl (C=O) groups excluding carboxylic acids is 3. The van der Waals surface area contributed by atoms with Crippen LogP contribution in [0.25, 0.3) is 10.2 Å². The Morgan fingerprint density at radius 2 is 1.75 bits per heavy atom. The van der Waals surface area contributed by atoms with Gasteiger partial charge in [-0.05, 0) is 49.7 Å². The van der Waals surface area contributed by atoms with Gasteiger partial charge >= 0.3 is 5.97 Å². The standard InChI is InChI=1S/C21H21N3O6S2/c1-3-30-20(27)14-7-8-16-17(10-14)31-21(23-16)24-19(26)12-32(28,29)11-18(25)22-15-6-4-5-13(2)9-15/h4-10H,3,11-12H2,1-2H3,(H,22,25)(H,23,24,26). The second kappa shape index (κ2) is 9.88. The number of anilines is 2. The van der Waals surface area contributed by atoms with Crippen LogP contribution in [0.3, 0.4) is 0 Å². The zero-order valence-corrected chi connectivity index (χ0v) is 19.0. The van der Waals surface area contributed by atoms with Crippen molar-refractivity contribution >= 4 is 60.0 Å². The largest absolute Gasteiger partial charge is 0.462 e. The van der Waals surface area contributed by atoms with Crippen molar-refractivity contribution in [2.75, 3.05) is 28.7 Å². The van der Waals surface area contributed by atoms with Gasteiger partial charge in [-0.2, -0.15) is 0 Å². The fourth-order valence-corrected chi connectivity index (χ4v) is 4.81. The number of aryl methyl sites for hydroxylation is 1. The number of amides is 2. The van der Waals surface area contributed by atoms with E-state index in [4.69, 9.17) is 4.74 Å². The van der Waals surface area contributed by atoms with Crippen LogP contribution in [0.15, 0.2) is 42.5 Å². The van der Waals surface area contributed by atoms with Gasteiger partial charge in [0.2, 0.25) is 11.8 Å². The van der Waals surface area contributed by atoms with Gasteiger partial charge in [0.15, 0.2) is 15.0 Å². The first-order valence-corrected chi connectivity index (χ1v) is 12.2. The van der Waals surface area contributed by atoms with Crippen molar-refractivity contribution < 1.29 is 27.5 Å². The average molecular weight is 476 g/mol. The third-order valence-corrected chi connectivity index (χ3v) is 6.49. The van der Waals surface area contributed by atoms with Gasteiger partial charge in [-0.1, -0.05) is 23.5 Å². The molecule has 1 heterocycles. The van der Waals surface area contributed by atoms with E-state index in [9.17, 15) is 22.8 Å². The minimum absolute atomic E-state index is 0.186. The van der Waals surface area contributed by atoms with Gasteiger partial charge < -0.3 is 15.4 Å². The molecule has 0 radical (unpaired) electrons. The molecule has 1 aromatic heterocycles. The number of carbonyl (C=O) groups is 3. The Kier molecular flexibility index (Phi) is 7.21. The summed E-state index contributed by atoms with van der Waals surface area (Å²) in [5, 5.41) is 5.12. The van der Waals surface area contributed by atoms with E-state index in [0.29, 0.717) is 21.5 Å². The number of sulfone groups is 1. The highest BCUT2D eigenvalue weighted by Gasteiger charge is 2.22. The number of aromatic nitrogens is 1. The Morgan fingerprint density at radius 1 is 1.03 bits per heavy atom. The number of fused-ring (bicyclic) bond motifs is 1. The molecule has 2 aromatic carbocycles. The first-order valence-electron chi connectivity index (χ1n) is 9.59. The molecule has 0 aliphatic rings. The molecular weight excluding hydrogens is 454 g/mol. The van der Waals surface area contributed by atoms with Crippen LogP contribution in [0.5, 0.6) is 0 Å². The van der Waals surface area contributed by atoms with Crippen molar-refractivity contribution in [2.45, 2.75) is 13.8 Å². The molecule has 0 aliphatic carbocycles. The summed E-state index contributed by atoms with van der Waals surface area (Å²) in [6, 6.07) is 11.7. The molecule has 0 bridgehead atoms. The highest BCUT2D eigenvalue weighted by atomic mass is 32.2. The number of rotatable bonds is 8. The molecule has 168 valence electrons. The molecule has 2 N–H and O–H groups in total. The minimum Gasteiger partial charge on any atom is -0.462 e. The highest BCUT2D eigenvalue weighted by Crippen LogP contribution is 2.27. The van der Waals surface area contributed by atoms with Crippen LogP contribution in [0.4, 0.5) is 10.8 Å². The van der Waals surface area contributed by atoms with Crippen LogP contribution < -0.4 is 10.6 Å². The number of nitrogens with zero attached hydrogens (tertiary/aromatic N) is 1. The summed E-state index contributed by atoms with van der Waals surface area (Å²) in [4.78, 5) is 40.3. The monoisotopic (exact) mass is 475 g/mol. The van der Waals surface area contributed by atoms with Crippen LogP contribution in [-0.4, -0.2) is 49.3 Å². The highest BCUT2D eigenvalue weighted by molar-refractivity contribution is 7.92. The van der Waals surface area contributed by atoms with Crippen molar-refractivity contribution in [3.63, 3.8) is 0 Å². The summed E-state index contributed by atoms with van der Waals surface area (Å²) >= 11 is 1.09. The predicted octanol–water partition coefficient (Wildman–Crippen LogP) is 2.77. The zero-order chi connectivity index (χ0) is 23.3. The van der Waals surface area contributed by atoms with Gasteiger partial charge in [0.25, 0.3) is 0 Å². The number of ether oxygens (including phenoxy) is 1. The summed E-state index contributed by atoms with van der Waals surface area (Å²) in [6.45, 7) is 3.80. The fraction of sp³-hybridized carbons (Fsp3) is 0.238. The zero-order valence-electron chi connectivity index (χ0n) is 17.4. The molecule has 9 nitrogen and oxygen atoms in total. The van der Waals surface area contributed by atoms with Crippen molar-refractivity contribution in [2.24, 2.45) is 0 Å².